The number of halogens is 4. The van der Waals surface area contributed by atoms with Gasteiger partial charge in [-0.1, -0.05) is 22.9 Å². The number of amides is 1. The number of alkyl halides is 3. The van der Waals surface area contributed by atoms with Crippen LogP contribution < -0.4 is 0 Å². The van der Waals surface area contributed by atoms with E-state index in [4.69, 9.17) is 11.6 Å². The summed E-state index contributed by atoms with van der Waals surface area (Å²) < 4.78 is 43.0. The first kappa shape index (κ1) is 21.4. The summed E-state index contributed by atoms with van der Waals surface area (Å²) >= 11 is 5.96. The van der Waals surface area contributed by atoms with Crippen molar-refractivity contribution in [1.82, 2.24) is 29.7 Å². The average molecular weight is 453 g/mol. The summed E-state index contributed by atoms with van der Waals surface area (Å²) in [6, 6.07) is 4.89. The van der Waals surface area contributed by atoms with Crippen LogP contribution >= 0.6 is 11.6 Å². The summed E-state index contributed by atoms with van der Waals surface area (Å²) in [6.07, 6.45) is -2.36. The van der Waals surface area contributed by atoms with Crippen LogP contribution in [0.4, 0.5) is 13.2 Å². The molecule has 1 amide bonds. The van der Waals surface area contributed by atoms with Crippen molar-refractivity contribution in [1.29, 1.82) is 0 Å². The van der Waals surface area contributed by atoms with Crippen LogP contribution in [-0.2, 0) is 12.6 Å². The molecule has 1 aromatic carbocycles. The second-order valence-electron chi connectivity index (χ2n) is 7.67. The molecule has 164 valence electrons. The minimum Gasteiger partial charge on any atom is -0.330 e. The molecule has 31 heavy (non-hydrogen) atoms. The largest absolute Gasteiger partial charge is 0.417 e. The molecular formula is C20H20ClF3N6O. The van der Waals surface area contributed by atoms with Crippen molar-refractivity contribution >= 4 is 17.5 Å². The molecule has 7 nitrogen and oxygen atoms in total. The Kier molecular flexibility index (Phi) is 5.28. The fourth-order valence-corrected chi connectivity index (χ4v) is 4.01. The van der Waals surface area contributed by atoms with E-state index in [0.29, 0.717) is 17.9 Å². The van der Waals surface area contributed by atoms with Crippen LogP contribution in [0, 0.1) is 0 Å². The van der Waals surface area contributed by atoms with Gasteiger partial charge in [0.2, 0.25) is 0 Å². The molecule has 0 spiro atoms. The molecule has 0 fully saturated rings. The highest BCUT2D eigenvalue weighted by Gasteiger charge is 2.37. The molecule has 0 saturated heterocycles. The van der Waals surface area contributed by atoms with E-state index >= 15 is 0 Å². The Labute approximate surface area is 181 Å². The average Bonchev–Trinajstić information content (AvgIpc) is 3.34. The molecule has 1 unspecified atom stereocenters. The van der Waals surface area contributed by atoms with Crippen molar-refractivity contribution in [3.8, 4) is 5.82 Å². The first-order valence-corrected chi connectivity index (χ1v) is 10.1. The van der Waals surface area contributed by atoms with E-state index in [9.17, 15) is 18.0 Å². The summed E-state index contributed by atoms with van der Waals surface area (Å²) in [4.78, 5) is 14.5. The fraction of sp³-hybridized carbons (Fsp3) is 0.400. The third-order valence-electron chi connectivity index (χ3n) is 5.38. The van der Waals surface area contributed by atoms with Crippen molar-refractivity contribution in [2.75, 3.05) is 6.54 Å². The van der Waals surface area contributed by atoms with E-state index in [2.05, 4.69) is 15.4 Å². The molecule has 3 heterocycles. The second kappa shape index (κ2) is 7.67. The highest BCUT2D eigenvalue weighted by molar-refractivity contribution is 6.34. The van der Waals surface area contributed by atoms with E-state index in [-0.39, 0.29) is 18.2 Å². The van der Waals surface area contributed by atoms with E-state index < -0.39 is 28.7 Å². The van der Waals surface area contributed by atoms with E-state index in [1.807, 2.05) is 26.1 Å². The number of nitrogens with zero attached hydrogens (tertiary/aromatic N) is 6. The van der Waals surface area contributed by atoms with Gasteiger partial charge in [-0.25, -0.2) is 0 Å². The Hall–Kier alpha value is -2.88. The number of fused-ring (bicyclic) bond motifs is 1. The maximum Gasteiger partial charge on any atom is 0.417 e. The van der Waals surface area contributed by atoms with Crippen molar-refractivity contribution in [2.45, 2.75) is 45.5 Å². The lowest BCUT2D eigenvalue weighted by Crippen LogP contribution is -2.39. The lowest BCUT2D eigenvalue weighted by atomic mass is 10.0. The third-order valence-corrected chi connectivity index (χ3v) is 5.79. The van der Waals surface area contributed by atoms with Crippen LogP contribution in [0.3, 0.4) is 0 Å². The number of carbonyl (C=O) groups excluding carboxylic acids is 1. The van der Waals surface area contributed by atoms with Gasteiger partial charge in [0.25, 0.3) is 5.91 Å². The minimum atomic E-state index is -4.64. The number of benzene rings is 1. The van der Waals surface area contributed by atoms with E-state index in [1.165, 1.54) is 17.0 Å². The van der Waals surface area contributed by atoms with Gasteiger partial charge in [0.1, 0.15) is 5.69 Å². The van der Waals surface area contributed by atoms with Crippen LogP contribution in [0.1, 0.15) is 60.2 Å². The zero-order valence-electron chi connectivity index (χ0n) is 17.1. The van der Waals surface area contributed by atoms with Gasteiger partial charge in [-0.15, -0.1) is 5.10 Å². The van der Waals surface area contributed by atoms with Crippen molar-refractivity contribution in [2.24, 2.45) is 0 Å². The normalized spacial score (nSPS) is 16.6. The quantitative estimate of drug-likeness (QED) is 0.587. The Bertz CT molecular complexity index is 1140. The molecule has 0 saturated carbocycles. The number of hydrogen-bond donors (Lipinski definition) is 0. The molecule has 3 aromatic rings. The second-order valence-corrected chi connectivity index (χ2v) is 8.05. The van der Waals surface area contributed by atoms with Gasteiger partial charge >= 0.3 is 6.18 Å². The van der Waals surface area contributed by atoms with Gasteiger partial charge < -0.3 is 4.90 Å². The van der Waals surface area contributed by atoms with Crippen LogP contribution in [0.5, 0.6) is 0 Å². The topological polar surface area (TPSA) is 68.8 Å². The molecule has 1 atom stereocenters. The SMILES string of the molecule is CC1c2nnn(-c3ccn(C(C)C)n3)c2CCN1C(=O)c1cccc(C(F)(F)F)c1Cl. The number of rotatable bonds is 3. The summed E-state index contributed by atoms with van der Waals surface area (Å²) in [6.45, 7) is 6.08. The Morgan fingerprint density at radius 1 is 1.26 bits per heavy atom. The molecule has 0 N–H and O–H groups in total. The Morgan fingerprint density at radius 2 is 2.00 bits per heavy atom. The molecule has 1 aliphatic rings. The van der Waals surface area contributed by atoms with Crippen molar-refractivity contribution in [3.05, 3.63) is 58.0 Å². The molecule has 2 aromatic heterocycles. The van der Waals surface area contributed by atoms with Crippen LogP contribution in [0.25, 0.3) is 5.82 Å². The molecule has 0 bridgehead atoms. The first-order valence-electron chi connectivity index (χ1n) is 9.76. The molecular weight excluding hydrogens is 433 g/mol. The van der Waals surface area contributed by atoms with Gasteiger partial charge in [-0.3, -0.25) is 9.48 Å². The molecule has 11 heteroatoms. The predicted octanol–water partition coefficient (Wildman–Crippen LogP) is 4.48. The van der Waals surface area contributed by atoms with Gasteiger partial charge in [-0.2, -0.15) is 23.0 Å². The third kappa shape index (κ3) is 3.69. The molecule has 4 rings (SSSR count). The fourth-order valence-electron chi connectivity index (χ4n) is 3.70. The molecule has 1 aliphatic heterocycles. The highest BCUT2D eigenvalue weighted by Crippen LogP contribution is 2.38. The van der Waals surface area contributed by atoms with Crippen LogP contribution in [-0.4, -0.2) is 42.1 Å². The van der Waals surface area contributed by atoms with E-state index in [0.717, 1.165) is 11.8 Å². The van der Waals surface area contributed by atoms with Crippen molar-refractivity contribution in [3.63, 3.8) is 0 Å². The summed E-state index contributed by atoms with van der Waals surface area (Å²) in [5, 5.41) is 12.3. The van der Waals surface area contributed by atoms with Gasteiger partial charge in [0.05, 0.1) is 27.9 Å². The van der Waals surface area contributed by atoms with E-state index in [1.54, 1.807) is 16.3 Å². The number of carbonyl (C=O) groups is 1. The number of aromatic nitrogens is 5. The number of hydrogen-bond acceptors (Lipinski definition) is 4. The predicted molar refractivity (Wildman–Crippen MR) is 107 cm³/mol. The Morgan fingerprint density at radius 3 is 2.65 bits per heavy atom. The zero-order valence-corrected chi connectivity index (χ0v) is 17.8. The molecule has 0 radical (unpaired) electrons. The van der Waals surface area contributed by atoms with Crippen LogP contribution in [0.15, 0.2) is 30.5 Å². The van der Waals surface area contributed by atoms with Gasteiger partial charge in [-0.05, 0) is 32.9 Å². The van der Waals surface area contributed by atoms with Crippen LogP contribution in [0.2, 0.25) is 5.02 Å². The summed E-state index contributed by atoms with van der Waals surface area (Å²) in [5.74, 6) is 0.0447. The minimum absolute atomic E-state index is 0.185. The lowest BCUT2D eigenvalue weighted by Gasteiger charge is -2.33. The first-order chi connectivity index (χ1) is 14.6. The maximum absolute atomic E-state index is 13.2. The Balaban J connectivity index is 1.64. The standard InChI is InChI=1S/C20H20ClF3N6O/c1-11(2)29-10-8-16(26-29)30-15-7-9-28(12(3)18(15)25-27-30)19(31)13-5-4-6-14(17(13)21)20(22,23)24/h4-6,8,10-12H,7,9H2,1-3H3. The summed E-state index contributed by atoms with van der Waals surface area (Å²) in [5.41, 5.74) is 0.189. The summed E-state index contributed by atoms with van der Waals surface area (Å²) in [7, 11) is 0. The zero-order chi connectivity index (χ0) is 22.5. The van der Waals surface area contributed by atoms with Gasteiger partial charge in [0, 0.05) is 31.3 Å². The van der Waals surface area contributed by atoms with Crippen molar-refractivity contribution < 1.29 is 18.0 Å². The highest BCUT2D eigenvalue weighted by atomic mass is 35.5. The smallest absolute Gasteiger partial charge is 0.330 e. The maximum atomic E-state index is 13.2. The lowest BCUT2D eigenvalue weighted by molar-refractivity contribution is -0.137. The monoisotopic (exact) mass is 452 g/mol. The molecule has 0 aliphatic carbocycles. The van der Waals surface area contributed by atoms with Gasteiger partial charge in [0.15, 0.2) is 5.82 Å².